The maximum Gasteiger partial charge on any atom is 0.190 e. The van der Waals surface area contributed by atoms with Crippen LogP contribution in [0.25, 0.3) is 0 Å². The first-order valence-electron chi connectivity index (χ1n) is 6.42. The molecule has 2 heterocycles. The molecular formula is C13H19N5S. The van der Waals surface area contributed by atoms with Crippen molar-refractivity contribution >= 4 is 17.6 Å². The van der Waals surface area contributed by atoms with E-state index in [2.05, 4.69) is 35.0 Å². The van der Waals surface area contributed by atoms with Gasteiger partial charge in [-0.1, -0.05) is 18.7 Å². The highest BCUT2D eigenvalue weighted by Gasteiger charge is 2.08. The van der Waals surface area contributed by atoms with Crippen LogP contribution in [0, 0.1) is 6.92 Å². The Morgan fingerprint density at radius 2 is 2.05 bits per heavy atom. The fourth-order valence-corrected chi connectivity index (χ4v) is 2.73. The van der Waals surface area contributed by atoms with Crippen molar-refractivity contribution in [2.45, 2.75) is 44.6 Å². The molecule has 0 spiro atoms. The first-order chi connectivity index (χ1) is 9.12. The van der Waals surface area contributed by atoms with Crippen LogP contribution in [0.4, 0.5) is 5.82 Å². The van der Waals surface area contributed by atoms with Crippen molar-refractivity contribution in [3.8, 4) is 0 Å². The summed E-state index contributed by atoms with van der Waals surface area (Å²) in [6, 6.07) is 3.92. The number of hydrogen-bond acceptors (Lipinski definition) is 5. The van der Waals surface area contributed by atoms with Gasteiger partial charge in [-0.2, -0.15) is 5.10 Å². The molecule has 0 aliphatic heterocycles. The topological polar surface area (TPSA) is 69.6 Å². The number of anilines is 1. The summed E-state index contributed by atoms with van der Waals surface area (Å²) in [6.07, 6.45) is 0.957. The molecule has 0 atom stereocenters. The molecule has 0 radical (unpaired) electrons. The van der Waals surface area contributed by atoms with Crippen LogP contribution in [0.3, 0.4) is 0 Å². The number of nitrogen functional groups attached to an aromatic ring is 1. The molecular weight excluding hydrogens is 258 g/mol. The average Bonchev–Trinajstić information content (AvgIpc) is 2.77. The number of nitrogens with two attached hydrogens (primary N) is 1. The van der Waals surface area contributed by atoms with E-state index >= 15 is 0 Å². The van der Waals surface area contributed by atoms with Crippen LogP contribution in [-0.2, 0) is 18.7 Å². The van der Waals surface area contributed by atoms with E-state index in [0.717, 1.165) is 35.3 Å². The molecule has 2 rings (SSSR count). The molecule has 6 heteroatoms. The van der Waals surface area contributed by atoms with Gasteiger partial charge in [-0.25, -0.2) is 9.97 Å². The number of hydrogen-bond donors (Lipinski definition) is 1. The van der Waals surface area contributed by atoms with Crippen LogP contribution in [0.2, 0.25) is 0 Å². The predicted octanol–water partition coefficient (Wildman–Crippen LogP) is 2.44. The second-order valence-corrected chi connectivity index (χ2v) is 5.24. The van der Waals surface area contributed by atoms with E-state index < -0.39 is 0 Å². The Bertz CT molecular complexity index is 544. The van der Waals surface area contributed by atoms with Crippen LogP contribution >= 0.6 is 11.8 Å². The van der Waals surface area contributed by atoms with Gasteiger partial charge in [0.25, 0.3) is 0 Å². The second kappa shape index (κ2) is 6.06. The Morgan fingerprint density at radius 1 is 1.26 bits per heavy atom. The average molecular weight is 277 g/mol. The number of aromatic nitrogens is 4. The summed E-state index contributed by atoms with van der Waals surface area (Å²) in [5.41, 5.74) is 8.95. The van der Waals surface area contributed by atoms with Gasteiger partial charge in [0.15, 0.2) is 5.16 Å². The van der Waals surface area contributed by atoms with E-state index in [1.54, 1.807) is 17.8 Å². The first-order valence-corrected chi connectivity index (χ1v) is 7.40. The van der Waals surface area contributed by atoms with Gasteiger partial charge < -0.3 is 5.73 Å². The van der Waals surface area contributed by atoms with Gasteiger partial charge in [0.05, 0.1) is 5.69 Å². The summed E-state index contributed by atoms with van der Waals surface area (Å²) in [6.45, 7) is 7.02. The maximum atomic E-state index is 5.73. The minimum Gasteiger partial charge on any atom is -0.384 e. The molecule has 2 N–H and O–H groups in total. The highest BCUT2D eigenvalue weighted by atomic mass is 32.2. The molecule has 102 valence electrons. The fourth-order valence-electron chi connectivity index (χ4n) is 1.85. The Balaban J connectivity index is 2.11. The Hall–Kier alpha value is -1.56. The highest BCUT2D eigenvalue weighted by molar-refractivity contribution is 7.98. The first kappa shape index (κ1) is 13.9. The summed E-state index contributed by atoms with van der Waals surface area (Å²) >= 11 is 1.59. The summed E-state index contributed by atoms with van der Waals surface area (Å²) in [7, 11) is 0. The largest absolute Gasteiger partial charge is 0.384 e. The van der Waals surface area contributed by atoms with Gasteiger partial charge in [0.1, 0.15) is 5.82 Å². The minimum absolute atomic E-state index is 0.522. The lowest BCUT2D eigenvalue weighted by molar-refractivity contribution is 0.627. The van der Waals surface area contributed by atoms with E-state index in [-0.39, 0.29) is 0 Å². The van der Waals surface area contributed by atoms with Gasteiger partial charge in [0, 0.05) is 29.8 Å². The van der Waals surface area contributed by atoms with Gasteiger partial charge in [0.2, 0.25) is 0 Å². The summed E-state index contributed by atoms with van der Waals surface area (Å²) in [5.74, 6) is 1.33. The maximum absolute atomic E-state index is 5.73. The molecule has 0 saturated heterocycles. The summed E-state index contributed by atoms with van der Waals surface area (Å²) in [4.78, 5) is 8.61. The van der Waals surface area contributed by atoms with Crippen molar-refractivity contribution in [1.82, 2.24) is 19.7 Å². The molecule has 0 unspecified atom stereocenters. The van der Waals surface area contributed by atoms with Gasteiger partial charge in [-0.3, -0.25) is 4.68 Å². The number of nitrogens with zero attached hydrogens (tertiary/aromatic N) is 4. The molecule has 0 amide bonds. The quantitative estimate of drug-likeness (QED) is 0.671. The molecule has 0 aliphatic carbocycles. The molecule has 0 fully saturated rings. The Morgan fingerprint density at radius 3 is 2.68 bits per heavy atom. The zero-order valence-electron chi connectivity index (χ0n) is 11.6. The van der Waals surface area contributed by atoms with Gasteiger partial charge in [-0.15, -0.1) is 0 Å². The lowest BCUT2D eigenvalue weighted by Gasteiger charge is -2.04. The summed E-state index contributed by atoms with van der Waals surface area (Å²) < 4.78 is 2.03. The van der Waals surface area contributed by atoms with Crippen LogP contribution in [-0.4, -0.2) is 19.7 Å². The van der Waals surface area contributed by atoms with Crippen molar-refractivity contribution in [3.05, 3.63) is 29.2 Å². The van der Waals surface area contributed by atoms with Crippen molar-refractivity contribution in [3.63, 3.8) is 0 Å². The molecule has 0 aliphatic rings. The van der Waals surface area contributed by atoms with Crippen LogP contribution in [0.5, 0.6) is 0 Å². The van der Waals surface area contributed by atoms with E-state index in [1.165, 1.54) is 5.69 Å². The minimum atomic E-state index is 0.522. The molecule has 2 aromatic rings. The van der Waals surface area contributed by atoms with Crippen molar-refractivity contribution in [2.24, 2.45) is 0 Å². The third kappa shape index (κ3) is 3.47. The van der Waals surface area contributed by atoms with E-state index in [4.69, 9.17) is 5.73 Å². The third-order valence-electron chi connectivity index (χ3n) is 2.78. The third-order valence-corrected chi connectivity index (χ3v) is 3.66. The van der Waals surface area contributed by atoms with E-state index in [0.29, 0.717) is 5.82 Å². The molecule has 5 nitrogen and oxygen atoms in total. The lowest BCUT2D eigenvalue weighted by atomic mass is 10.3. The molecule has 2 aromatic heterocycles. The van der Waals surface area contributed by atoms with E-state index in [1.807, 2.05) is 11.6 Å². The fraction of sp³-hybridized carbons (Fsp3) is 0.462. The molecule has 0 bridgehead atoms. The predicted molar refractivity (Wildman–Crippen MR) is 78.0 cm³/mol. The standard InChI is InChI=1S/C13H19N5S/c1-4-10-7-11(18(5-2)17-10)8-19-13-15-9(3)6-12(14)16-13/h6-7H,4-5,8H2,1-3H3,(H2,14,15,16). The SMILES string of the molecule is CCc1cc(CSc2nc(C)cc(N)n2)n(CC)n1. The van der Waals surface area contributed by atoms with Gasteiger partial charge in [-0.05, 0) is 26.3 Å². The number of rotatable bonds is 5. The normalized spacial score (nSPS) is 10.9. The van der Waals surface area contributed by atoms with Gasteiger partial charge >= 0.3 is 0 Å². The second-order valence-electron chi connectivity index (χ2n) is 4.30. The number of thioether (sulfide) groups is 1. The summed E-state index contributed by atoms with van der Waals surface area (Å²) in [5, 5.41) is 5.25. The van der Waals surface area contributed by atoms with Crippen molar-refractivity contribution in [1.29, 1.82) is 0 Å². The smallest absolute Gasteiger partial charge is 0.190 e. The zero-order valence-corrected chi connectivity index (χ0v) is 12.4. The zero-order chi connectivity index (χ0) is 13.8. The Labute approximate surface area is 117 Å². The molecule has 0 aromatic carbocycles. The highest BCUT2D eigenvalue weighted by Crippen LogP contribution is 2.21. The van der Waals surface area contributed by atoms with Crippen LogP contribution in [0.15, 0.2) is 17.3 Å². The monoisotopic (exact) mass is 277 g/mol. The van der Waals surface area contributed by atoms with Crippen molar-refractivity contribution < 1.29 is 0 Å². The number of aryl methyl sites for hydroxylation is 3. The van der Waals surface area contributed by atoms with Crippen LogP contribution in [0.1, 0.15) is 30.9 Å². The van der Waals surface area contributed by atoms with Crippen LogP contribution < -0.4 is 5.73 Å². The van der Waals surface area contributed by atoms with Crippen molar-refractivity contribution in [2.75, 3.05) is 5.73 Å². The van der Waals surface area contributed by atoms with E-state index in [9.17, 15) is 0 Å². The molecule has 0 saturated carbocycles. The Kier molecular flexibility index (Phi) is 4.42. The molecule has 19 heavy (non-hydrogen) atoms. The lowest BCUT2D eigenvalue weighted by Crippen LogP contribution is -2.02.